The van der Waals surface area contributed by atoms with E-state index in [0.717, 1.165) is 11.3 Å². The van der Waals surface area contributed by atoms with Gasteiger partial charge in [-0.2, -0.15) is 0 Å². The minimum absolute atomic E-state index is 0.0873. The van der Waals surface area contributed by atoms with Crippen LogP contribution in [0.25, 0.3) is 0 Å². The van der Waals surface area contributed by atoms with Crippen LogP contribution in [-0.2, 0) is 6.54 Å². The number of nitrogens with zero attached hydrogens (tertiary/aromatic N) is 1. The molecule has 0 bridgehead atoms. The molecule has 0 radical (unpaired) electrons. The summed E-state index contributed by atoms with van der Waals surface area (Å²) in [7, 11) is 0. The number of ether oxygens (including phenoxy) is 1. The summed E-state index contributed by atoms with van der Waals surface area (Å²) < 4.78 is 6.04. The Bertz CT molecular complexity index is 629. The summed E-state index contributed by atoms with van der Waals surface area (Å²) >= 11 is 7.12. The van der Waals surface area contributed by atoms with Crippen LogP contribution in [-0.4, -0.2) is 35.7 Å². The smallest absolute Gasteiger partial charge is 0.264 e. The van der Waals surface area contributed by atoms with E-state index in [2.05, 4.69) is 0 Å². The first kappa shape index (κ1) is 16.8. The Kier molecular flexibility index (Phi) is 6.24. The van der Waals surface area contributed by atoms with Crippen LogP contribution in [0.3, 0.4) is 0 Å². The molecule has 1 aromatic heterocycles. The van der Waals surface area contributed by atoms with Gasteiger partial charge in [0.1, 0.15) is 5.75 Å². The average molecular weight is 340 g/mol. The molecule has 0 saturated carbocycles. The number of carbonyl (C=O) groups is 1. The van der Waals surface area contributed by atoms with Crippen molar-refractivity contribution in [3.05, 3.63) is 51.2 Å². The topological polar surface area (TPSA) is 49.8 Å². The van der Waals surface area contributed by atoms with Crippen molar-refractivity contribution in [1.82, 2.24) is 4.90 Å². The lowest BCUT2D eigenvalue weighted by molar-refractivity contribution is 0.0712. The van der Waals surface area contributed by atoms with Crippen molar-refractivity contribution in [3.8, 4) is 5.75 Å². The van der Waals surface area contributed by atoms with Crippen LogP contribution >= 0.6 is 22.9 Å². The van der Waals surface area contributed by atoms with Gasteiger partial charge in [0.2, 0.25) is 0 Å². The van der Waals surface area contributed by atoms with Crippen LogP contribution in [0, 0.1) is 0 Å². The van der Waals surface area contributed by atoms with Crippen molar-refractivity contribution in [1.29, 1.82) is 0 Å². The summed E-state index contributed by atoms with van der Waals surface area (Å²) in [4.78, 5) is 14.7. The molecular weight excluding hydrogens is 322 g/mol. The number of carbonyl (C=O) groups excluding carboxylic acids is 1. The summed E-state index contributed by atoms with van der Waals surface area (Å²) in [6, 6.07) is 11.0. The van der Waals surface area contributed by atoms with E-state index in [-0.39, 0.29) is 19.1 Å². The van der Waals surface area contributed by atoms with Crippen molar-refractivity contribution < 1.29 is 14.6 Å². The van der Waals surface area contributed by atoms with E-state index < -0.39 is 0 Å². The molecule has 118 valence electrons. The molecule has 2 aromatic rings. The first-order chi connectivity index (χ1) is 10.6. The molecule has 1 amide bonds. The molecule has 1 heterocycles. The zero-order valence-electron chi connectivity index (χ0n) is 12.3. The highest BCUT2D eigenvalue weighted by Gasteiger charge is 2.17. The molecular formula is C16H18ClNO3S. The number of halogens is 1. The third-order valence-electron chi connectivity index (χ3n) is 3.02. The number of benzene rings is 1. The Morgan fingerprint density at radius 1 is 1.36 bits per heavy atom. The molecule has 0 spiro atoms. The fourth-order valence-corrected chi connectivity index (χ4v) is 3.09. The van der Waals surface area contributed by atoms with E-state index in [9.17, 15) is 9.90 Å². The van der Waals surface area contributed by atoms with Crippen molar-refractivity contribution in [2.45, 2.75) is 13.5 Å². The van der Waals surface area contributed by atoms with Gasteiger partial charge in [-0.25, -0.2) is 0 Å². The van der Waals surface area contributed by atoms with Crippen LogP contribution < -0.4 is 4.74 Å². The molecule has 0 aliphatic carbocycles. The Morgan fingerprint density at radius 2 is 2.18 bits per heavy atom. The molecule has 1 aromatic carbocycles. The second kappa shape index (κ2) is 8.17. The van der Waals surface area contributed by atoms with Gasteiger partial charge in [0, 0.05) is 13.1 Å². The Morgan fingerprint density at radius 3 is 2.82 bits per heavy atom. The number of hydrogen-bond donors (Lipinski definition) is 1. The van der Waals surface area contributed by atoms with Crippen molar-refractivity contribution >= 4 is 28.8 Å². The van der Waals surface area contributed by atoms with Gasteiger partial charge >= 0.3 is 0 Å². The van der Waals surface area contributed by atoms with Crippen LogP contribution in [0.1, 0.15) is 22.2 Å². The van der Waals surface area contributed by atoms with Gasteiger partial charge in [-0.05, 0) is 36.8 Å². The van der Waals surface area contributed by atoms with E-state index in [0.29, 0.717) is 22.4 Å². The van der Waals surface area contributed by atoms with Gasteiger partial charge in [-0.3, -0.25) is 4.79 Å². The standard InChI is InChI=1S/C16H18ClNO3S/c1-2-21-13-5-3-4-12(10-13)11-18(8-9-19)16(20)14-6-7-15(17)22-14/h3-7,10,19H,2,8-9,11H2,1H3. The second-order valence-corrected chi connectivity index (χ2v) is 6.35. The maximum absolute atomic E-state index is 12.5. The Balaban J connectivity index is 2.14. The van der Waals surface area contributed by atoms with E-state index in [1.807, 2.05) is 31.2 Å². The SMILES string of the molecule is CCOc1cccc(CN(CCO)C(=O)c2ccc(Cl)s2)c1. The molecule has 0 atom stereocenters. The molecule has 2 rings (SSSR count). The summed E-state index contributed by atoms with van der Waals surface area (Å²) in [5, 5.41) is 9.21. The van der Waals surface area contributed by atoms with Gasteiger partial charge < -0.3 is 14.7 Å². The van der Waals surface area contributed by atoms with Crippen LogP contribution in [0.5, 0.6) is 5.75 Å². The Hall–Kier alpha value is -1.56. The molecule has 22 heavy (non-hydrogen) atoms. The molecule has 6 heteroatoms. The molecule has 0 aliphatic heterocycles. The summed E-state index contributed by atoms with van der Waals surface area (Å²) in [6.45, 7) is 3.12. The molecule has 1 N–H and O–H groups in total. The monoisotopic (exact) mass is 339 g/mol. The van der Waals surface area contributed by atoms with Crippen molar-refractivity contribution in [2.24, 2.45) is 0 Å². The predicted molar refractivity (Wildman–Crippen MR) is 88.8 cm³/mol. The minimum Gasteiger partial charge on any atom is -0.494 e. The van der Waals surface area contributed by atoms with Crippen LogP contribution in [0.2, 0.25) is 4.34 Å². The number of aliphatic hydroxyl groups is 1. The molecule has 0 fully saturated rings. The van der Waals surface area contributed by atoms with E-state index in [4.69, 9.17) is 16.3 Å². The fraction of sp³-hybridized carbons (Fsp3) is 0.312. The van der Waals surface area contributed by atoms with Crippen molar-refractivity contribution in [2.75, 3.05) is 19.8 Å². The number of amides is 1. The minimum atomic E-state index is -0.132. The number of rotatable bonds is 7. The normalized spacial score (nSPS) is 10.5. The lowest BCUT2D eigenvalue weighted by atomic mass is 10.2. The maximum Gasteiger partial charge on any atom is 0.264 e. The Labute approximate surface area is 138 Å². The van der Waals surface area contributed by atoms with Gasteiger partial charge in [0.05, 0.1) is 22.4 Å². The van der Waals surface area contributed by atoms with Gasteiger partial charge in [-0.1, -0.05) is 23.7 Å². The highest BCUT2D eigenvalue weighted by atomic mass is 35.5. The third kappa shape index (κ3) is 4.47. The summed E-state index contributed by atoms with van der Waals surface area (Å²) in [5.41, 5.74) is 0.954. The number of thiophene rings is 1. The summed E-state index contributed by atoms with van der Waals surface area (Å²) in [6.07, 6.45) is 0. The van der Waals surface area contributed by atoms with E-state index in [1.54, 1.807) is 17.0 Å². The van der Waals surface area contributed by atoms with E-state index >= 15 is 0 Å². The maximum atomic E-state index is 12.5. The molecule has 4 nitrogen and oxygen atoms in total. The zero-order chi connectivity index (χ0) is 15.9. The highest BCUT2D eigenvalue weighted by Crippen LogP contribution is 2.23. The van der Waals surface area contributed by atoms with E-state index in [1.165, 1.54) is 11.3 Å². The van der Waals surface area contributed by atoms with Gasteiger partial charge in [0.15, 0.2) is 0 Å². The average Bonchev–Trinajstić information content (AvgIpc) is 2.93. The number of hydrogen-bond acceptors (Lipinski definition) is 4. The lowest BCUT2D eigenvalue weighted by Crippen LogP contribution is -2.32. The third-order valence-corrected chi connectivity index (χ3v) is 4.24. The van der Waals surface area contributed by atoms with Gasteiger partial charge in [0.25, 0.3) is 5.91 Å². The largest absolute Gasteiger partial charge is 0.494 e. The zero-order valence-corrected chi connectivity index (χ0v) is 13.9. The molecule has 0 aliphatic rings. The fourth-order valence-electron chi connectivity index (χ4n) is 2.08. The first-order valence-corrected chi connectivity index (χ1v) is 8.20. The highest BCUT2D eigenvalue weighted by molar-refractivity contribution is 7.17. The van der Waals surface area contributed by atoms with Crippen molar-refractivity contribution in [3.63, 3.8) is 0 Å². The second-order valence-electron chi connectivity index (χ2n) is 4.63. The first-order valence-electron chi connectivity index (χ1n) is 7.01. The van der Waals surface area contributed by atoms with Crippen LogP contribution in [0.4, 0.5) is 0 Å². The molecule has 0 saturated heterocycles. The quantitative estimate of drug-likeness (QED) is 0.840. The number of aliphatic hydroxyl groups excluding tert-OH is 1. The van der Waals surface area contributed by atoms with Gasteiger partial charge in [-0.15, -0.1) is 11.3 Å². The van der Waals surface area contributed by atoms with Crippen LogP contribution in [0.15, 0.2) is 36.4 Å². The summed E-state index contributed by atoms with van der Waals surface area (Å²) in [5.74, 6) is 0.642. The molecule has 0 unspecified atom stereocenters. The lowest BCUT2D eigenvalue weighted by Gasteiger charge is -2.21. The predicted octanol–water partition coefficient (Wildman–Crippen LogP) is 3.43.